The van der Waals surface area contributed by atoms with Crippen molar-refractivity contribution in [3.05, 3.63) is 64.8 Å². The van der Waals surface area contributed by atoms with E-state index in [1.165, 1.54) is 11.3 Å². The molecule has 0 aliphatic heterocycles. The lowest BCUT2D eigenvalue weighted by Crippen LogP contribution is -2.28. The van der Waals surface area contributed by atoms with E-state index in [-0.39, 0.29) is 13.2 Å². The highest BCUT2D eigenvalue weighted by molar-refractivity contribution is 7.17. The first-order chi connectivity index (χ1) is 13.6. The van der Waals surface area contributed by atoms with Crippen LogP contribution in [0.2, 0.25) is 0 Å². The zero-order valence-corrected chi connectivity index (χ0v) is 16.3. The van der Waals surface area contributed by atoms with Crippen LogP contribution < -0.4 is 10.1 Å². The quantitative estimate of drug-likeness (QED) is 0.617. The van der Waals surface area contributed by atoms with E-state index in [9.17, 15) is 9.59 Å². The summed E-state index contributed by atoms with van der Waals surface area (Å²) in [6.45, 7) is 1.63. The van der Waals surface area contributed by atoms with Crippen molar-refractivity contribution in [3.63, 3.8) is 0 Å². The van der Waals surface area contributed by atoms with Crippen LogP contribution in [0, 0.1) is 6.92 Å². The molecule has 0 saturated heterocycles. The van der Waals surface area contributed by atoms with Crippen LogP contribution in [0.5, 0.6) is 5.75 Å². The van der Waals surface area contributed by atoms with Gasteiger partial charge in [0.05, 0.1) is 18.5 Å². The summed E-state index contributed by atoms with van der Waals surface area (Å²) in [5.74, 6) is -0.293. The number of benzene rings is 1. The third-order valence-corrected chi connectivity index (χ3v) is 5.03. The Morgan fingerprint density at radius 3 is 2.68 bits per heavy atom. The lowest BCUT2D eigenvalue weighted by molar-refractivity contribution is -0.124. The smallest absolute Gasteiger partial charge is 0.350 e. The van der Waals surface area contributed by atoms with Gasteiger partial charge in [0.2, 0.25) is 0 Å². The minimum absolute atomic E-state index is 0.282. The fraction of sp³-hybridized carbons (Fsp3) is 0.200. The van der Waals surface area contributed by atoms with Gasteiger partial charge in [-0.2, -0.15) is 0 Å². The molecule has 0 fully saturated rings. The number of carbonyl (C=O) groups excluding carboxylic acids is 2. The van der Waals surface area contributed by atoms with Crippen LogP contribution in [0.3, 0.4) is 0 Å². The van der Waals surface area contributed by atoms with Gasteiger partial charge in [0.15, 0.2) is 6.61 Å². The SMILES string of the molecule is COc1ccccc1CNC(=O)COC(=O)c1sc(-c2ccccn2)nc1C. The van der Waals surface area contributed by atoms with Crippen LogP contribution in [-0.4, -0.2) is 35.6 Å². The van der Waals surface area contributed by atoms with Crippen LogP contribution in [0.25, 0.3) is 10.7 Å². The molecule has 0 unspecified atom stereocenters. The van der Waals surface area contributed by atoms with E-state index in [2.05, 4.69) is 15.3 Å². The van der Waals surface area contributed by atoms with Crippen molar-refractivity contribution in [2.45, 2.75) is 13.5 Å². The Balaban J connectivity index is 1.55. The predicted octanol–water partition coefficient (Wildman–Crippen LogP) is 3.00. The molecule has 2 heterocycles. The lowest BCUT2D eigenvalue weighted by atomic mass is 10.2. The second kappa shape index (κ2) is 9.09. The number of aromatic nitrogens is 2. The zero-order chi connectivity index (χ0) is 19.9. The van der Waals surface area contributed by atoms with Gasteiger partial charge >= 0.3 is 5.97 Å². The number of hydrogen-bond donors (Lipinski definition) is 1. The number of aryl methyl sites for hydroxylation is 1. The predicted molar refractivity (Wildman–Crippen MR) is 105 cm³/mol. The van der Waals surface area contributed by atoms with Crippen molar-refractivity contribution < 1.29 is 19.1 Å². The molecule has 3 aromatic rings. The van der Waals surface area contributed by atoms with Crippen molar-refractivity contribution in [1.82, 2.24) is 15.3 Å². The third-order valence-electron chi connectivity index (χ3n) is 3.87. The summed E-state index contributed by atoms with van der Waals surface area (Å²) < 4.78 is 10.4. The van der Waals surface area contributed by atoms with Crippen LogP contribution in [-0.2, 0) is 16.1 Å². The molecule has 1 N–H and O–H groups in total. The summed E-state index contributed by atoms with van der Waals surface area (Å²) in [6.07, 6.45) is 1.66. The summed E-state index contributed by atoms with van der Waals surface area (Å²) in [7, 11) is 1.57. The van der Waals surface area contributed by atoms with Gasteiger partial charge in [-0.25, -0.2) is 9.78 Å². The molecule has 7 nitrogen and oxygen atoms in total. The number of pyridine rings is 1. The van der Waals surface area contributed by atoms with Crippen LogP contribution >= 0.6 is 11.3 Å². The Morgan fingerprint density at radius 1 is 1.14 bits per heavy atom. The normalized spacial score (nSPS) is 10.4. The van der Waals surface area contributed by atoms with E-state index in [0.29, 0.717) is 27.0 Å². The number of para-hydroxylation sites is 1. The highest BCUT2D eigenvalue weighted by atomic mass is 32.1. The highest BCUT2D eigenvalue weighted by Gasteiger charge is 2.19. The number of esters is 1. The number of rotatable bonds is 7. The molecular weight excluding hydrogens is 378 g/mol. The highest BCUT2D eigenvalue weighted by Crippen LogP contribution is 2.26. The Kier molecular flexibility index (Phi) is 6.33. The van der Waals surface area contributed by atoms with Crippen molar-refractivity contribution >= 4 is 23.2 Å². The van der Waals surface area contributed by atoms with Gasteiger partial charge in [0, 0.05) is 18.3 Å². The second-order valence-electron chi connectivity index (χ2n) is 5.81. The average Bonchev–Trinajstić information content (AvgIpc) is 3.13. The summed E-state index contributed by atoms with van der Waals surface area (Å²) in [5.41, 5.74) is 2.07. The lowest BCUT2D eigenvalue weighted by Gasteiger charge is -2.09. The molecule has 0 saturated carbocycles. The molecule has 1 aromatic carbocycles. The van der Waals surface area contributed by atoms with Gasteiger partial charge in [-0.05, 0) is 25.1 Å². The third kappa shape index (κ3) is 4.72. The molecule has 28 heavy (non-hydrogen) atoms. The molecule has 8 heteroatoms. The van der Waals surface area contributed by atoms with Crippen molar-refractivity contribution in [2.75, 3.05) is 13.7 Å². The minimum atomic E-state index is -0.579. The van der Waals surface area contributed by atoms with Gasteiger partial charge in [-0.1, -0.05) is 24.3 Å². The number of carbonyl (C=O) groups is 2. The molecule has 0 radical (unpaired) electrons. The molecule has 0 aliphatic carbocycles. The number of methoxy groups -OCH3 is 1. The van der Waals surface area contributed by atoms with Crippen LogP contribution in [0.4, 0.5) is 0 Å². The first kappa shape index (κ1) is 19.5. The fourth-order valence-corrected chi connectivity index (χ4v) is 3.41. The summed E-state index contributed by atoms with van der Waals surface area (Å²) in [6, 6.07) is 12.8. The topological polar surface area (TPSA) is 90.4 Å². The maximum Gasteiger partial charge on any atom is 0.350 e. The maximum absolute atomic E-state index is 12.3. The number of nitrogens with zero attached hydrogens (tertiary/aromatic N) is 2. The molecule has 3 rings (SSSR count). The van der Waals surface area contributed by atoms with E-state index in [4.69, 9.17) is 9.47 Å². The number of amides is 1. The summed E-state index contributed by atoms with van der Waals surface area (Å²) in [5, 5.41) is 3.34. The molecule has 0 spiro atoms. The molecule has 1 amide bonds. The molecule has 0 bridgehead atoms. The van der Waals surface area contributed by atoms with E-state index in [0.717, 1.165) is 5.56 Å². The van der Waals surface area contributed by atoms with E-state index < -0.39 is 11.9 Å². The van der Waals surface area contributed by atoms with Crippen molar-refractivity contribution in [3.8, 4) is 16.5 Å². The number of thiazole rings is 1. The molecule has 0 aliphatic rings. The Morgan fingerprint density at radius 2 is 1.93 bits per heavy atom. The number of ether oxygens (including phenoxy) is 2. The van der Waals surface area contributed by atoms with Gasteiger partial charge in [-0.15, -0.1) is 11.3 Å². The van der Waals surface area contributed by atoms with Gasteiger partial charge in [0.25, 0.3) is 5.91 Å². The first-order valence-corrected chi connectivity index (χ1v) is 9.34. The monoisotopic (exact) mass is 397 g/mol. The summed E-state index contributed by atoms with van der Waals surface area (Å²) in [4.78, 5) is 33.3. The maximum atomic E-state index is 12.3. The fourth-order valence-electron chi connectivity index (χ4n) is 2.48. The van der Waals surface area contributed by atoms with Gasteiger partial charge in [0.1, 0.15) is 15.6 Å². The largest absolute Gasteiger partial charge is 0.496 e. The van der Waals surface area contributed by atoms with Crippen molar-refractivity contribution in [2.24, 2.45) is 0 Å². The summed E-state index contributed by atoms with van der Waals surface area (Å²) >= 11 is 1.19. The molecule has 0 atom stereocenters. The molecule has 2 aromatic heterocycles. The molecule has 144 valence electrons. The standard InChI is InChI=1S/C20H19N3O4S/c1-13-18(28-19(23-13)15-8-5-6-10-21-15)20(25)27-12-17(24)22-11-14-7-3-4-9-16(14)26-2/h3-10H,11-12H2,1-2H3,(H,22,24). The van der Waals surface area contributed by atoms with E-state index >= 15 is 0 Å². The minimum Gasteiger partial charge on any atom is -0.496 e. The van der Waals surface area contributed by atoms with Gasteiger partial charge < -0.3 is 14.8 Å². The Hall–Kier alpha value is -3.26. The number of hydrogen-bond acceptors (Lipinski definition) is 7. The van der Waals surface area contributed by atoms with E-state index in [1.54, 1.807) is 20.2 Å². The number of nitrogens with one attached hydrogen (secondary N) is 1. The first-order valence-electron chi connectivity index (χ1n) is 8.53. The van der Waals surface area contributed by atoms with Crippen LogP contribution in [0.1, 0.15) is 20.9 Å². The molecular formula is C20H19N3O4S. The Labute approximate surface area is 166 Å². The van der Waals surface area contributed by atoms with Gasteiger partial charge in [-0.3, -0.25) is 9.78 Å². The Bertz CT molecular complexity index is 973. The zero-order valence-electron chi connectivity index (χ0n) is 15.5. The van der Waals surface area contributed by atoms with Crippen LogP contribution in [0.15, 0.2) is 48.7 Å². The average molecular weight is 397 g/mol. The van der Waals surface area contributed by atoms with E-state index in [1.807, 2.05) is 42.5 Å². The van der Waals surface area contributed by atoms with Crippen molar-refractivity contribution in [1.29, 1.82) is 0 Å². The second-order valence-corrected chi connectivity index (χ2v) is 6.81.